The van der Waals surface area contributed by atoms with Crippen molar-refractivity contribution in [2.45, 2.75) is 97.8 Å². The Bertz CT molecular complexity index is 2720. The number of pyridine rings is 1. The second-order valence-corrected chi connectivity index (χ2v) is 20.2. The number of hydrogen-bond acceptors (Lipinski definition) is 13. The van der Waals surface area contributed by atoms with Crippen molar-refractivity contribution < 1.29 is 28.5 Å². The molecule has 5 aliphatic rings. The van der Waals surface area contributed by atoms with Gasteiger partial charge in [-0.1, -0.05) is 37.3 Å². The first-order chi connectivity index (χ1) is 30.3. The van der Waals surface area contributed by atoms with Gasteiger partial charge in [-0.3, -0.25) is 4.68 Å². The van der Waals surface area contributed by atoms with Crippen molar-refractivity contribution in [3.63, 3.8) is 0 Å². The number of ether oxygens (including phenoxy) is 3. The Labute approximate surface area is 370 Å². The molecule has 11 rings (SSSR count). The van der Waals surface area contributed by atoms with Crippen LogP contribution in [-0.4, -0.2) is 73.5 Å². The number of anilines is 4. The summed E-state index contributed by atoms with van der Waals surface area (Å²) < 4.78 is 34.7. The molecule has 5 heterocycles. The van der Waals surface area contributed by atoms with Crippen LogP contribution in [0.1, 0.15) is 91.7 Å². The van der Waals surface area contributed by atoms with Gasteiger partial charge in [-0.15, -0.1) is 10.2 Å². The lowest BCUT2D eigenvalue weighted by molar-refractivity contribution is -0.250. The molecule has 13 nitrogen and oxygen atoms in total. The van der Waals surface area contributed by atoms with E-state index in [9.17, 15) is 14.3 Å². The maximum Gasteiger partial charge on any atom is 0.358 e. The highest BCUT2D eigenvalue weighted by molar-refractivity contribution is 7.22. The zero-order valence-electron chi connectivity index (χ0n) is 36.5. The summed E-state index contributed by atoms with van der Waals surface area (Å²) >= 11 is 1.36. The summed E-state index contributed by atoms with van der Waals surface area (Å²) in [6, 6.07) is 15.9. The number of fused-ring (bicyclic) bond motifs is 2. The number of nitrogens with zero attached hydrogens (tertiary/aromatic N) is 7. The van der Waals surface area contributed by atoms with Crippen molar-refractivity contribution in [2.24, 2.45) is 16.2 Å². The third kappa shape index (κ3) is 7.71. The number of carbonyl (C=O) groups excluding carboxylic acids is 1. The molecule has 4 aliphatic carbocycles. The number of aliphatic hydroxyl groups excluding tert-OH is 1. The largest absolute Gasteiger partial charge is 0.497 e. The van der Waals surface area contributed by atoms with Gasteiger partial charge in [0.15, 0.2) is 22.5 Å². The lowest BCUT2D eigenvalue weighted by atomic mass is 9.39. The van der Waals surface area contributed by atoms with Crippen molar-refractivity contribution in [1.82, 2.24) is 29.9 Å². The number of carbonyl (C=O) groups is 1. The molecule has 0 saturated heterocycles. The predicted octanol–water partition coefficient (Wildman–Crippen LogP) is 9.42. The summed E-state index contributed by atoms with van der Waals surface area (Å²) in [5.74, 6) is 1.69. The lowest BCUT2D eigenvalue weighted by Crippen LogP contribution is -2.64. The highest BCUT2D eigenvalue weighted by Gasteiger charge is 2.66. The fourth-order valence-electron chi connectivity index (χ4n) is 12.5. The molecule has 15 heteroatoms. The van der Waals surface area contributed by atoms with E-state index in [0.717, 1.165) is 89.9 Å². The standard InChI is InChI=1S/C48H53FN8O5S/c1-29-34-7-6-16-56(42(34)55-54-41(29)53-44-51-37-14-10-32(49)19-38(37)63-44)39-15-13-35(40(52-39)43(59)61-21-31-8-11-33(60-5)12-9-31)36-20-50-57(30(36)2)28-47-23-45(3)22-46(4,24-47)26-48(25-45,27-47)62-18-17-58/h8-15,19-20,58H,6-7,16-18,21-28H2,1-5H3,(H,51,53,54). The fraction of sp³-hybridized carbons (Fsp3) is 0.458. The van der Waals surface area contributed by atoms with Crippen LogP contribution in [0.4, 0.5) is 27.0 Å². The topological polar surface area (TPSA) is 150 Å². The van der Waals surface area contributed by atoms with Gasteiger partial charge in [0.25, 0.3) is 0 Å². The summed E-state index contributed by atoms with van der Waals surface area (Å²) in [7, 11) is 1.62. The van der Waals surface area contributed by atoms with Crippen molar-refractivity contribution in [3.8, 4) is 16.9 Å². The number of rotatable bonds is 13. The average Bonchev–Trinajstić information content (AvgIpc) is 3.82. The van der Waals surface area contributed by atoms with Gasteiger partial charge in [0.1, 0.15) is 24.0 Å². The van der Waals surface area contributed by atoms with Crippen LogP contribution in [0.2, 0.25) is 0 Å². The second kappa shape index (κ2) is 15.6. The zero-order chi connectivity index (χ0) is 43.7. The molecule has 1 aliphatic heterocycles. The van der Waals surface area contributed by atoms with Crippen LogP contribution in [0, 0.1) is 35.9 Å². The molecule has 4 aromatic heterocycles. The normalized spacial score (nSPS) is 24.8. The Morgan fingerprint density at radius 1 is 0.952 bits per heavy atom. The van der Waals surface area contributed by atoms with Crippen LogP contribution in [0.25, 0.3) is 21.3 Å². The third-order valence-electron chi connectivity index (χ3n) is 13.9. The molecule has 2 aromatic carbocycles. The van der Waals surface area contributed by atoms with Gasteiger partial charge in [-0.2, -0.15) is 5.10 Å². The SMILES string of the molecule is COc1ccc(COC(=O)c2nc(N3CCCc4c3nnc(Nc3nc5ccc(F)cc5s3)c4C)ccc2-c2cnn(CC34CC5(C)CC(C)(C3)CC(OCCO)(C5)C4)c2C)cc1. The Morgan fingerprint density at radius 3 is 2.51 bits per heavy atom. The molecular weight excluding hydrogens is 820 g/mol. The Morgan fingerprint density at radius 2 is 1.75 bits per heavy atom. The van der Waals surface area contributed by atoms with E-state index in [1.54, 1.807) is 13.2 Å². The highest BCUT2D eigenvalue weighted by atomic mass is 32.1. The predicted molar refractivity (Wildman–Crippen MR) is 239 cm³/mol. The van der Waals surface area contributed by atoms with Gasteiger partial charge >= 0.3 is 5.97 Å². The molecule has 4 saturated carbocycles. The molecule has 0 radical (unpaired) electrons. The summed E-state index contributed by atoms with van der Waals surface area (Å²) in [5, 5.41) is 28.0. The summed E-state index contributed by atoms with van der Waals surface area (Å²) in [6.07, 6.45) is 9.87. The van der Waals surface area contributed by atoms with Crippen LogP contribution in [0.5, 0.6) is 5.75 Å². The molecule has 2 atom stereocenters. The van der Waals surface area contributed by atoms with E-state index in [2.05, 4.69) is 40.9 Å². The number of methoxy groups -OCH3 is 1. The van der Waals surface area contributed by atoms with Crippen molar-refractivity contribution in [3.05, 3.63) is 94.7 Å². The minimum Gasteiger partial charge on any atom is -0.497 e. The first-order valence-electron chi connectivity index (χ1n) is 21.8. The van der Waals surface area contributed by atoms with Crippen LogP contribution in [-0.2, 0) is 29.0 Å². The highest BCUT2D eigenvalue weighted by Crippen LogP contribution is 2.72. The van der Waals surface area contributed by atoms with Gasteiger partial charge in [0.05, 0.1) is 42.3 Å². The van der Waals surface area contributed by atoms with Crippen LogP contribution in [0.15, 0.2) is 60.8 Å². The van der Waals surface area contributed by atoms with Crippen LogP contribution < -0.4 is 15.0 Å². The van der Waals surface area contributed by atoms with Gasteiger partial charge < -0.3 is 29.5 Å². The first-order valence-corrected chi connectivity index (χ1v) is 22.6. The first kappa shape index (κ1) is 41.5. The van der Waals surface area contributed by atoms with Gasteiger partial charge in [-0.05, 0) is 129 Å². The number of nitrogens with one attached hydrogen (secondary N) is 1. The molecule has 0 spiro atoms. The summed E-state index contributed by atoms with van der Waals surface area (Å²) in [4.78, 5) is 26.1. The van der Waals surface area contributed by atoms with E-state index in [-0.39, 0.29) is 46.6 Å². The quantitative estimate of drug-likeness (QED) is 0.107. The number of hydrogen-bond donors (Lipinski definition) is 2. The Kier molecular flexibility index (Phi) is 10.3. The van der Waals surface area contributed by atoms with E-state index in [1.807, 2.05) is 54.4 Å². The molecular formula is C48H53FN8O5S. The number of halogens is 1. The maximum atomic E-state index is 14.3. The summed E-state index contributed by atoms with van der Waals surface area (Å²) in [5.41, 5.74) is 6.17. The zero-order valence-corrected chi connectivity index (χ0v) is 37.3. The van der Waals surface area contributed by atoms with Crippen molar-refractivity contribution in [1.29, 1.82) is 0 Å². The Balaban J connectivity index is 0.971. The average molecular weight is 873 g/mol. The number of aromatic nitrogens is 6. The maximum absolute atomic E-state index is 14.3. The van der Waals surface area contributed by atoms with Crippen molar-refractivity contribution >= 4 is 50.1 Å². The van der Waals surface area contributed by atoms with Gasteiger partial charge in [0.2, 0.25) is 0 Å². The molecule has 328 valence electrons. The number of thiazole rings is 1. The van der Waals surface area contributed by atoms with Crippen LogP contribution in [0.3, 0.4) is 0 Å². The number of esters is 1. The van der Waals surface area contributed by atoms with Crippen molar-refractivity contribution in [2.75, 3.05) is 37.1 Å². The monoisotopic (exact) mass is 872 g/mol. The summed E-state index contributed by atoms with van der Waals surface area (Å²) in [6.45, 7) is 10.7. The molecule has 0 amide bonds. The van der Waals surface area contributed by atoms with Gasteiger partial charge in [0, 0.05) is 41.0 Å². The lowest BCUT2D eigenvalue weighted by Gasteiger charge is -2.69. The molecule has 2 unspecified atom stereocenters. The molecule has 4 fully saturated rings. The Hall–Kier alpha value is -5.51. The molecule has 63 heavy (non-hydrogen) atoms. The second-order valence-electron chi connectivity index (χ2n) is 19.2. The smallest absolute Gasteiger partial charge is 0.358 e. The number of aliphatic hydroxyl groups is 1. The van der Waals surface area contributed by atoms with E-state index < -0.39 is 5.97 Å². The minimum absolute atomic E-state index is 0.00596. The molecule has 4 bridgehead atoms. The van der Waals surface area contributed by atoms with E-state index >= 15 is 0 Å². The molecule has 6 aromatic rings. The van der Waals surface area contributed by atoms with Gasteiger partial charge in [-0.25, -0.2) is 19.2 Å². The fourth-order valence-corrected chi connectivity index (χ4v) is 13.4. The van der Waals surface area contributed by atoms with E-state index in [4.69, 9.17) is 29.4 Å². The third-order valence-corrected chi connectivity index (χ3v) is 14.8. The number of benzene rings is 2. The van der Waals surface area contributed by atoms with E-state index in [1.165, 1.54) is 29.9 Å². The van der Waals surface area contributed by atoms with E-state index in [0.29, 0.717) is 46.8 Å². The minimum atomic E-state index is -0.547. The molecule has 2 N–H and O–H groups in total. The van der Waals surface area contributed by atoms with Crippen LogP contribution >= 0.6 is 11.3 Å².